The highest BCUT2D eigenvalue weighted by molar-refractivity contribution is 7.00. The third kappa shape index (κ3) is 3.25. The van der Waals surface area contributed by atoms with Gasteiger partial charge in [0.1, 0.15) is 22.4 Å². The molecule has 0 aliphatic carbocycles. The molecule has 3 heterocycles. The van der Waals surface area contributed by atoms with Crippen molar-refractivity contribution in [2.45, 2.75) is 6.54 Å². The number of carboxylic acid groups (broad SMARTS) is 1. The molecule has 34 heavy (non-hydrogen) atoms. The van der Waals surface area contributed by atoms with Crippen LogP contribution in [0, 0.1) is 0 Å². The second-order valence-electron chi connectivity index (χ2n) is 7.73. The minimum Gasteiger partial charge on any atom is -0.497 e. The maximum atomic E-state index is 11.8. The van der Waals surface area contributed by atoms with E-state index in [2.05, 4.69) is 8.75 Å². The first-order valence-electron chi connectivity index (χ1n) is 10.4. The van der Waals surface area contributed by atoms with Crippen LogP contribution in [-0.4, -0.2) is 31.7 Å². The lowest BCUT2D eigenvalue weighted by molar-refractivity contribution is 0.141. The summed E-state index contributed by atoms with van der Waals surface area (Å²) in [5.41, 5.74) is 5.87. The van der Waals surface area contributed by atoms with Crippen LogP contribution in [0.2, 0.25) is 0 Å². The van der Waals surface area contributed by atoms with Crippen molar-refractivity contribution in [3.05, 3.63) is 72.3 Å². The van der Waals surface area contributed by atoms with Crippen molar-refractivity contribution in [3.63, 3.8) is 0 Å². The molecule has 8 nitrogen and oxygen atoms in total. The van der Waals surface area contributed by atoms with E-state index in [0.29, 0.717) is 29.0 Å². The van der Waals surface area contributed by atoms with Gasteiger partial charge in [0.15, 0.2) is 5.58 Å². The summed E-state index contributed by atoms with van der Waals surface area (Å²) in [5.74, 6) is 0.878. The van der Waals surface area contributed by atoms with Crippen molar-refractivity contribution in [2.24, 2.45) is 0 Å². The lowest BCUT2D eigenvalue weighted by Crippen LogP contribution is -2.10. The fourth-order valence-electron chi connectivity index (χ4n) is 4.26. The summed E-state index contributed by atoms with van der Waals surface area (Å²) in [4.78, 5) is 11.8. The van der Waals surface area contributed by atoms with E-state index in [1.54, 1.807) is 7.11 Å². The molecule has 0 aliphatic rings. The highest BCUT2D eigenvalue weighted by Gasteiger charge is 2.27. The van der Waals surface area contributed by atoms with E-state index in [0.717, 1.165) is 44.8 Å². The molecule has 1 N–H and O–H groups in total. The normalized spacial score (nSPS) is 11.4. The first kappa shape index (κ1) is 20.3. The average molecular weight is 471 g/mol. The van der Waals surface area contributed by atoms with Crippen LogP contribution in [0.3, 0.4) is 0 Å². The monoisotopic (exact) mass is 471 g/mol. The third-order valence-electron chi connectivity index (χ3n) is 5.75. The maximum absolute atomic E-state index is 11.8. The highest BCUT2D eigenvalue weighted by atomic mass is 32.1. The van der Waals surface area contributed by atoms with Crippen LogP contribution in [0.1, 0.15) is 5.56 Å². The fraction of sp³-hybridized carbons (Fsp3) is 0.0800. The molecule has 0 fully saturated rings. The van der Waals surface area contributed by atoms with Gasteiger partial charge in [-0.05, 0) is 47.5 Å². The zero-order valence-electron chi connectivity index (χ0n) is 17.9. The van der Waals surface area contributed by atoms with Gasteiger partial charge in [-0.25, -0.2) is 4.79 Å². The van der Waals surface area contributed by atoms with E-state index in [1.165, 1.54) is 0 Å². The number of para-hydroxylation sites is 1. The zero-order chi connectivity index (χ0) is 23.2. The smallest absolute Gasteiger partial charge is 0.497 e. The number of aromatic nitrogens is 3. The van der Waals surface area contributed by atoms with Crippen LogP contribution in [0.5, 0.6) is 11.6 Å². The Bertz CT molecular complexity index is 1680. The van der Waals surface area contributed by atoms with E-state index in [1.807, 2.05) is 71.3 Å². The molecule has 0 spiro atoms. The fourth-order valence-corrected chi connectivity index (χ4v) is 4.78. The Morgan fingerprint density at radius 2 is 1.85 bits per heavy atom. The Kier molecular flexibility index (Phi) is 4.70. The molecular formula is C25H17N3O5S. The molecule has 0 atom stereocenters. The van der Waals surface area contributed by atoms with E-state index < -0.39 is 6.16 Å². The Morgan fingerprint density at radius 1 is 1.06 bits per heavy atom. The second-order valence-corrected chi connectivity index (χ2v) is 8.25. The molecule has 0 aliphatic heterocycles. The van der Waals surface area contributed by atoms with Gasteiger partial charge in [0.05, 0.1) is 36.5 Å². The van der Waals surface area contributed by atoms with Crippen molar-refractivity contribution in [1.29, 1.82) is 0 Å². The number of rotatable bonds is 5. The van der Waals surface area contributed by atoms with Gasteiger partial charge in [-0.15, -0.1) is 0 Å². The topological polar surface area (TPSA) is 99.6 Å². The molecule has 6 rings (SSSR count). The number of methoxy groups -OCH3 is 1. The van der Waals surface area contributed by atoms with E-state index in [4.69, 9.17) is 13.9 Å². The van der Waals surface area contributed by atoms with E-state index in [9.17, 15) is 9.90 Å². The zero-order valence-corrected chi connectivity index (χ0v) is 18.7. The summed E-state index contributed by atoms with van der Waals surface area (Å²) in [6.07, 6.45) is -1.40. The minimum absolute atomic E-state index is 0.189. The second kappa shape index (κ2) is 7.89. The van der Waals surface area contributed by atoms with Gasteiger partial charge in [0.2, 0.25) is 5.88 Å². The van der Waals surface area contributed by atoms with Crippen LogP contribution in [-0.2, 0) is 6.54 Å². The molecule has 9 heteroatoms. The number of fused-ring (bicyclic) bond motifs is 4. The van der Waals surface area contributed by atoms with E-state index in [-0.39, 0.29) is 5.88 Å². The Morgan fingerprint density at radius 3 is 2.65 bits per heavy atom. The SMILES string of the molecule is COc1ccc(-c2c(OC(=O)O)n(Cc3ccc4nsnc4c3)c3c2oc2ccccc23)cc1. The maximum Gasteiger partial charge on any atom is 0.512 e. The summed E-state index contributed by atoms with van der Waals surface area (Å²) in [7, 11) is 1.59. The molecule has 6 aromatic rings. The van der Waals surface area contributed by atoms with Gasteiger partial charge in [0, 0.05) is 5.39 Å². The van der Waals surface area contributed by atoms with Crippen molar-refractivity contribution in [3.8, 4) is 22.8 Å². The van der Waals surface area contributed by atoms with Crippen molar-refractivity contribution in [1.82, 2.24) is 13.3 Å². The minimum atomic E-state index is -1.40. The van der Waals surface area contributed by atoms with Crippen LogP contribution >= 0.6 is 11.7 Å². The Balaban J connectivity index is 1.64. The van der Waals surface area contributed by atoms with Crippen LogP contribution in [0.4, 0.5) is 4.79 Å². The summed E-state index contributed by atoms with van der Waals surface area (Å²) in [5, 5.41) is 10.5. The summed E-state index contributed by atoms with van der Waals surface area (Å²) in [6, 6.07) is 20.8. The summed E-state index contributed by atoms with van der Waals surface area (Å²) >= 11 is 1.16. The van der Waals surface area contributed by atoms with Crippen molar-refractivity contribution in [2.75, 3.05) is 7.11 Å². The molecule has 3 aromatic heterocycles. The first-order chi connectivity index (χ1) is 16.6. The first-order valence-corrected chi connectivity index (χ1v) is 11.2. The quantitative estimate of drug-likeness (QED) is 0.300. The summed E-state index contributed by atoms with van der Waals surface area (Å²) in [6.45, 7) is 0.353. The Hall–Kier alpha value is -4.37. The Labute approximate surface area is 196 Å². The number of hydrogen-bond acceptors (Lipinski definition) is 7. The molecule has 3 aromatic carbocycles. The third-order valence-corrected chi connectivity index (χ3v) is 6.30. The molecule has 0 unspecified atom stereocenters. The predicted molar refractivity (Wildman–Crippen MR) is 129 cm³/mol. The molecule has 0 saturated carbocycles. The van der Waals surface area contributed by atoms with E-state index >= 15 is 0 Å². The molecule has 0 radical (unpaired) electrons. The largest absolute Gasteiger partial charge is 0.512 e. The molecule has 168 valence electrons. The molecule has 0 saturated heterocycles. The van der Waals surface area contributed by atoms with Gasteiger partial charge < -0.3 is 23.6 Å². The van der Waals surface area contributed by atoms with Gasteiger partial charge >= 0.3 is 6.16 Å². The molecule has 0 bridgehead atoms. The number of hydrogen-bond donors (Lipinski definition) is 1. The van der Waals surface area contributed by atoms with Crippen LogP contribution < -0.4 is 9.47 Å². The predicted octanol–water partition coefficient (Wildman–Crippen LogP) is 6.17. The van der Waals surface area contributed by atoms with Gasteiger partial charge in [-0.2, -0.15) is 8.75 Å². The standard InChI is InChI=1S/C25H17N3O5S/c1-31-16-9-7-15(8-10-16)21-23-22(17-4-2-3-5-20(17)32-23)28(24(21)33-25(29)30)13-14-6-11-18-19(12-14)27-34-26-18/h2-12H,13H2,1H3,(H,29,30). The molecule has 0 amide bonds. The number of carbonyl (C=O) groups is 1. The average Bonchev–Trinajstić information content (AvgIpc) is 3.53. The van der Waals surface area contributed by atoms with Crippen LogP contribution in [0.25, 0.3) is 44.2 Å². The van der Waals surface area contributed by atoms with Gasteiger partial charge in [-0.3, -0.25) is 0 Å². The number of benzene rings is 3. The number of furan rings is 1. The molecular weight excluding hydrogens is 454 g/mol. The van der Waals surface area contributed by atoms with Crippen molar-refractivity contribution < 1.29 is 23.8 Å². The number of ether oxygens (including phenoxy) is 2. The van der Waals surface area contributed by atoms with Gasteiger partial charge in [0.25, 0.3) is 0 Å². The lowest BCUT2D eigenvalue weighted by Gasteiger charge is -2.11. The highest BCUT2D eigenvalue weighted by Crippen LogP contribution is 2.45. The van der Waals surface area contributed by atoms with Crippen molar-refractivity contribution >= 4 is 51.0 Å². The van der Waals surface area contributed by atoms with Crippen LogP contribution in [0.15, 0.2) is 71.1 Å². The van der Waals surface area contributed by atoms with Gasteiger partial charge in [-0.1, -0.05) is 30.3 Å². The lowest BCUT2D eigenvalue weighted by atomic mass is 10.1. The number of nitrogens with zero attached hydrogens (tertiary/aromatic N) is 3. The summed E-state index contributed by atoms with van der Waals surface area (Å²) < 4.78 is 27.4.